The van der Waals surface area contributed by atoms with Crippen molar-refractivity contribution in [2.24, 2.45) is 0 Å². The van der Waals surface area contributed by atoms with Crippen molar-refractivity contribution in [1.29, 1.82) is 0 Å². The highest BCUT2D eigenvalue weighted by atomic mass is 79.9. The number of hydrogen-bond donors (Lipinski definition) is 1. The fourth-order valence-electron chi connectivity index (χ4n) is 2.58. The molecule has 0 aliphatic heterocycles. The minimum absolute atomic E-state index is 0.0984. The van der Waals surface area contributed by atoms with E-state index in [9.17, 15) is 9.18 Å². The molecule has 0 heterocycles. The maximum atomic E-state index is 12.8. The molecule has 2 nitrogen and oxygen atoms in total. The number of carbonyl (C=O) groups is 1. The summed E-state index contributed by atoms with van der Waals surface area (Å²) in [6, 6.07) is 11.8. The van der Waals surface area contributed by atoms with Crippen LogP contribution in [-0.2, 0) is 12.8 Å². The number of benzene rings is 2. The molecule has 0 saturated heterocycles. The summed E-state index contributed by atoms with van der Waals surface area (Å²) >= 11 is 3.54. The first-order chi connectivity index (χ1) is 9.63. The second kappa shape index (κ2) is 5.37. The molecule has 0 bridgehead atoms. The Morgan fingerprint density at radius 1 is 1.15 bits per heavy atom. The van der Waals surface area contributed by atoms with Crippen molar-refractivity contribution < 1.29 is 9.18 Å². The van der Waals surface area contributed by atoms with Crippen LogP contribution in [0.25, 0.3) is 0 Å². The van der Waals surface area contributed by atoms with Gasteiger partial charge in [0.1, 0.15) is 5.82 Å². The molecule has 1 aliphatic rings. The van der Waals surface area contributed by atoms with Crippen LogP contribution in [0, 0.1) is 5.82 Å². The summed E-state index contributed by atoms with van der Waals surface area (Å²) in [5.74, 6) is -0.488. The molecule has 3 rings (SSSR count). The van der Waals surface area contributed by atoms with Crippen LogP contribution in [0.15, 0.2) is 46.9 Å². The number of carbonyl (C=O) groups excluding carboxylic acids is 1. The first-order valence-electron chi connectivity index (χ1n) is 6.46. The highest BCUT2D eigenvalue weighted by Crippen LogP contribution is 2.29. The molecule has 1 unspecified atom stereocenters. The zero-order valence-electron chi connectivity index (χ0n) is 10.7. The molecule has 0 fully saturated rings. The van der Waals surface area contributed by atoms with Gasteiger partial charge < -0.3 is 5.32 Å². The predicted octanol–water partition coefficient (Wildman–Crippen LogP) is 3.49. The Kier molecular flexibility index (Phi) is 3.57. The molecule has 1 N–H and O–H groups in total. The third kappa shape index (κ3) is 2.61. The average molecular weight is 334 g/mol. The van der Waals surface area contributed by atoms with Crippen molar-refractivity contribution in [2.45, 2.75) is 18.9 Å². The molecular weight excluding hydrogens is 321 g/mol. The molecule has 102 valence electrons. The van der Waals surface area contributed by atoms with E-state index >= 15 is 0 Å². The highest BCUT2D eigenvalue weighted by molar-refractivity contribution is 9.10. The molecule has 1 aliphatic carbocycles. The molecule has 0 spiro atoms. The fraction of sp³-hybridized carbons (Fsp3) is 0.188. The summed E-state index contributed by atoms with van der Waals surface area (Å²) in [5, 5.41) is 3.01. The van der Waals surface area contributed by atoms with E-state index in [-0.39, 0.29) is 17.8 Å². The van der Waals surface area contributed by atoms with Crippen molar-refractivity contribution in [3.63, 3.8) is 0 Å². The van der Waals surface area contributed by atoms with Crippen molar-refractivity contribution in [3.8, 4) is 0 Å². The Bertz CT molecular complexity index is 654. The van der Waals surface area contributed by atoms with E-state index in [1.807, 2.05) is 12.1 Å². The zero-order valence-corrected chi connectivity index (χ0v) is 12.3. The standard InChI is InChI=1S/C16H13BrFNO/c17-15-3-1-2-11-8-13(9-14(11)15)19-16(20)10-4-6-12(18)7-5-10/h1-7,13H,8-9H2,(H,19,20). The quantitative estimate of drug-likeness (QED) is 0.895. The molecule has 1 amide bonds. The van der Waals surface area contributed by atoms with E-state index in [1.165, 1.54) is 35.4 Å². The summed E-state index contributed by atoms with van der Waals surface area (Å²) in [6.07, 6.45) is 1.66. The minimum Gasteiger partial charge on any atom is -0.349 e. The van der Waals surface area contributed by atoms with Crippen molar-refractivity contribution in [2.75, 3.05) is 0 Å². The van der Waals surface area contributed by atoms with Gasteiger partial charge in [0.05, 0.1) is 0 Å². The number of halogens is 2. The minimum atomic E-state index is -0.334. The van der Waals surface area contributed by atoms with Crippen LogP contribution in [0.1, 0.15) is 21.5 Å². The molecule has 0 radical (unpaired) electrons. The number of rotatable bonds is 2. The number of amides is 1. The van der Waals surface area contributed by atoms with Crippen molar-refractivity contribution in [3.05, 3.63) is 69.4 Å². The number of fused-ring (bicyclic) bond motifs is 1. The van der Waals surface area contributed by atoms with Gasteiger partial charge in [-0.1, -0.05) is 28.1 Å². The predicted molar refractivity (Wildman–Crippen MR) is 79.2 cm³/mol. The van der Waals surface area contributed by atoms with E-state index in [1.54, 1.807) is 0 Å². The third-order valence-corrected chi connectivity index (χ3v) is 4.32. The Balaban J connectivity index is 1.70. The maximum Gasteiger partial charge on any atom is 0.251 e. The lowest BCUT2D eigenvalue weighted by molar-refractivity contribution is 0.0938. The highest BCUT2D eigenvalue weighted by Gasteiger charge is 2.24. The molecule has 1 atom stereocenters. The van der Waals surface area contributed by atoms with Gasteiger partial charge in [-0.2, -0.15) is 0 Å². The van der Waals surface area contributed by atoms with Crippen molar-refractivity contribution in [1.82, 2.24) is 5.32 Å². The summed E-state index contributed by atoms with van der Waals surface area (Å²) in [4.78, 5) is 12.1. The first kappa shape index (κ1) is 13.3. The summed E-state index contributed by atoms with van der Waals surface area (Å²) < 4.78 is 13.9. The lowest BCUT2D eigenvalue weighted by Crippen LogP contribution is -2.35. The lowest BCUT2D eigenvalue weighted by atomic mass is 10.1. The number of nitrogens with one attached hydrogen (secondary N) is 1. The Labute approximate surface area is 125 Å². The Morgan fingerprint density at radius 3 is 2.60 bits per heavy atom. The van der Waals surface area contributed by atoms with E-state index in [0.29, 0.717) is 5.56 Å². The monoisotopic (exact) mass is 333 g/mol. The smallest absolute Gasteiger partial charge is 0.251 e. The molecule has 0 saturated carbocycles. The normalized spacial score (nSPS) is 16.8. The van der Waals surface area contributed by atoms with Crippen LogP contribution in [0.3, 0.4) is 0 Å². The van der Waals surface area contributed by atoms with Gasteiger partial charge in [0, 0.05) is 16.1 Å². The summed E-state index contributed by atoms with van der Waals surface area (Å²) in [7, 11) is 0. The van der Waals surface area contributed by atoms with Crippen LogP contribution in [-0.4, -0.2) is 11.9 Å². The van der Waals surface area contributed by atoms with Gasteiger partial charge in [-0.15, -0.1) is 0 Å². The SMILES string of the molecule is O=C(NC1Cc2cccc(Br)c2C1)c1ccc(F)cc1. The Morgan fingerprint density at radius 2 is 1.90 bits per heavy atom. The second-order valence-corrected chi connectivity index (χ2v) is 5.82. The Hall–Kier alpha value is -1.68. The van der Waals surface area contributed by atoms with Gasteiger partial charge >= 0.3 is 0 Å². The second-order valence-electron chi connectivity index (χ2n) is 4.96. The van der Waals surface area contributed by atoms with Crippen LogP contribution >= 0.6 is 15.9 Å². The zero-order chi connectivity index (χ0) is 14.1. The van der Waals surface area contributed by atoms with E-state index in [2.05, 4.69) is 27.3 Å². The van der Waals surface area contributed by atoms with E-state index < -0.39 is 0 Å². The lowest BCUT2D eigenvalue weighted by Gasteiger charge is -2.12. The van der Waals surface area contributed by atoms with Crippen LogP contribution in [0.4, 0.5) is 4.39 Å². The van der Waals surface area contributed by atoms with Crippen molar-refractivity contribution >= 4 is 21.8 Å². The average Bonchev–Trinajstić information content (AvgIpc) is 2.83. The largest absolute Gasteiger partial charge is 0.349 e. The van der Waals surface area contributed by atoms with Gasteiger partial charge in [-0.25, -0.2) is 4.39 Å². The molecule has 2 aromatic rings. The van der Waals surface area contributed by atoms with Gasteiger partial charge in [-0.05, 0) is 54.3 Å². The van der Waals surface area contributed by atoms with E-state index in [0.717, 1.165) is 17.3 Å². The van der Waals surface area contributed by atoms with Crippen LogP contribution in [0.5, 0.6) is 0 Å². The van der Waals surface area contributed by atoms with Crippen LogP contribution < -0.4 is 5.32 Å². The molecule has 0 aromatic heterocycles. The summed E-state index contributed by atoms with van der Waals surface area (Å²) in [5.41, 5.74) is 3.02. The van der Waals surface area contributed by atoms with Gasteiger partial charge in [0.25, 0.3) is 5.91 Å². The van der Waals surface area contributed by atoms with Gasteiger partial charge in [0.2, 0.25) is 0 Å². The van der Waals surface area contributed by atoms with Gasteiger partial charge in [0.15, 0.2) is 0 Å². The maximum absolute atomic E-state index is 12.8. The summed E-state index contributed by atoms with van der Waals surface area (Å²) in [6.45, 7) is 0. The molecule has 20 heavy (non-hydrogen) atoms. The molecular formula is C16H13BrFNO. The topological polar surface area (TPSA) is 29.1 Å². The van der Waals surface area contributed by atoms with E-state index in [4.69, 9.17) is 0 Å². The first-order valence-corrected chi connectivity index (χ1v) is 7.25. The third-order valence-electron chi connectivity index (χ3n) is 3.57. The molecule has 2 aromatic carbocycles. The number of hydrogen-bond acceptors (Lipinski definition) is 1. The molecule has 4 heteroatoms. The van der Waals surface area contributed by atoms with Gasteiger partial charge in [-0.3, -0.25) is 4.79 Å². The van der Waals surface area contributed by atoms with Crippen LogP contribution in [0.2, 0.25) is 0 Å². The fourth-order valence-corrected chi connectivity index (χ4v) is 3.15.